The van der Waals surface area contributed by atoms with E-state index in [0.717, 1.165) is 44.0 Å². The molecule has 2 unspecified atom stereocenters. The monoisotopic (exact) mass is 559 g/mol. The quantitative estimate of drug-likeness (QED) is 0.343. The van der Waals surface area contributed by atoms with Crippen LogP contribution in [0.4, 0.5) is 0 Å². The molecule has 0 amide bonds. The molecule has 0 bridgehead atoms. The van der Waals surface area contributed by atoms with E-state index in [-0.39, 0.29) is 24.0 Å². The number of nitrogens with zero attached hydrogens (tertiary/aromatic N) is 4. The fraction of sp³-hybridized carbons (Fsp3) is 0.545. The van der Waals surface area contributed by atoms with Crippen LogP contribution in [-0.4, -0.2) is 53.3 Å². The van der Waals surface area contributed by atoms with Crippen molar-refractivity contribution in [2.45, 2.75) is 39.3 Å². The molecule has 1 aromatic heterocycles. The fourth-order valence-corrected chi connectivity index (χ4v) is 4.35. The number of aromatic nitrogens is 2. The molecule has 1 saturated heterocycles. The Morgan fingerprint density at radius 3 is 2.94 bits per heavy atom. The first-order chi connectivity index (χ1) is 14.7. The summed E-state index contributed by atoms with van der Waals surface area (Å²) in [5.74, 6) is 2.88. The lowest BCUT2D eigenvalue weighted by Crippen LogP contribution is -2.49. The van der Waals surface area contributed by atoms with Gasteiger partial charge in [0.15, 0.2) is 17.5 Å². The maximum atomic E-state index is 6.45. The Hall–Kier alpha value is -1.68. The number of likely N-dealkylation sites (tertiary alicyclic amines) is 1. The predicted octanol–water partition coefficient (Wildman–Crippen LogP) is 4.36. The summed E-state index contributed by atoms with van der Waals surface area (Å²) in [6.45, 7) is 8.92. The molecule has 0 spiro atoms. The third kappa shape index (κ3) is 5.77. The lowest BCUT2D eigenvalue weighted by Gasteiger charge is -2.39. The van der Waals surface area contributed by atoms with E-state index in [9.17, 15) is 0 Å². The summed E-state index contributed by atoms with van der Waals surface area (Å²) in [5.41, 5.74) is 1.01. The number of aliphatic imine (C=N–C) groups is 1. The number of hydrogen-bond acceptors (Lipinski definition) is 4. The maximum Gasteiger partial charge on any atom is 0.194 e. The number of ether oxygens (including phenoxy) is 2. The molecule has 2 aromatic rings. The number of guanidine groups is 1. The zero-order valence-electron chi connectivity index (χ0n) is 18.1. The highest BCUT2D eigenvalue weighted by atomic mass is 127. The van der Waals surface area contributed by atoms with Gasteiger partial charge in [0.2, 0.25) is 0 Å². The highest BCUT2D eigenvalue weighted by Gasteiger charge is 2.29. The van der Waals surface area contributed by atoms with E-state index in [1.165, 1.54) is 0 Å². The lowest BCUT2D eigenvalue weighted by molar-refractivity contribution is 0.189. The van der Waals surface area contributed by atoms with Crippen LogP contribution in [0.15, 0.2) is 35.8 Å². The first-order valence-corrected chi connectivity index (χ1v) is 11.1. The van der Waals surface area contributed by atoms with Gasteiger partial charge in [0.1, 0.15) is 0 Å². The van der Waals surface area contributed by atoms with Crippen LogP contribution in [0.3, 0.4) is 0 Å². The first kappa shape index (κ1) is 24.0. The van der Waals surface area contributed by atoms with Gasteiger partial charge in [0.25, 0.3) is 0 Å². The van der Waals surface area contributed by atoms with Crippen LogP contribution in [0.1, 0.15) is 38.3 Å². The van der Waals surface area contributed by atoms with Crippen LogP contribution in [0, 0.1) is 5.92 Å². The second kappa shape index (κ2) is 11.3. The van der Waals surface area contributed by atoms with Crippen LogP contribution in [0.25, 0.3) is 0 Å². The van der Waals surface area contributed by atoms with Crippen molar-refractivity contribution in [2.24, 2.45) is 10.9 Å². The number of rotatable bonds is 4. The van der Waals surface area contributed by atoms with Gasteiger partial charge in [0.05, 0.1) is 37.2 Å². The summed E-state index contributed by atoms with van der Waals surface area (Å²) in [6, 6.07) is 4.30. The molecule has 2 atom stereocenters. The molecule has 0 aliphatic carbocycles. The topological polar surface area (TPSA) is 63.9 Å². The zero-order valence-corrected chi connectivity index (χ0v) is 21.2. The van der Waals surface area contributed by atoms with Gasteiger partial charge in [-0.2, -0.15) is 0 Å². The van der Waals surface area contributed by atoms with Crippen molar-refractivity contribution in [3.05, 3.63) is 41.4 Å². The van der Waals surface area contributed by atoms with Gasteiger partial charge < -0.3 is 24.3 Å². The highest BCUT2D eigenvalue weighted by Crippen LogP contribution is 2.38. The molecule has 1 N–H and O–H groups in total. The normalized spacial score (nSPS) is 21.3. The van der Waals surface area contributed by atoms with E-state index in [2.05, 4.69) is 39.8 Å². The Bertz CT molecular complexity index is 877. The van der Waals surface area contributed by atoms with Gasteiger partial charge in [-0.1, -0.05) is 18.5 Å². The number of nitrogens with one attached hydrogen (secondary N) is 1. The Kier molecular flexibility index (Phi) is 8.71. The van der Waals surface area contributed by atoms with Gasteiger partial charge in [-0.05, 0) is 37.0 Å². The predicted molar refractivity (Wildman–Crippen MR) is 134 cm³/mol. The second-order valence-electron chi connectivity index (χ2n) is 7.91. The molecule has 0 saturated carbocycles. The van der Waals surface area contributed by atoms with Crippen LogP contribution < -0.4 is 14.8 Å². The van der Waals surface area contributed by atoms with Crippen molar-refractivity contribution < 1.29 is 9.47 Å². The van der Waals surface area contributed by atoms with Crippen molar-refractivity contribution in [2.75, 3.05) is 32.8 Å². The summed E-state index contributed by atoms with van der Waals surface area (Å²) in [5, 5.41) is 4.03. The molecule has 7 nitrogen and oxygen atoms in total. The standard InChI is InChI=1S/C22H30ClN5O2.HI/c1-3-25-22(27-7-5-16(2)19(14-27)28-8-6-24-15-28)26-13-17-11-18(23)21-20(12-17)29-9-4-10-30-21;/h6,8,11-12,15-16,19H,3-5,7,9-10,13-14H2,1-2H3,(H,25,26);1H. The molecule has 170 valence electrons. The van der Waals surface area contributed by atoms with Crippen LogP contribution in [-0.2, 0) is 6.54 Å². The Morgan fingerprint density at radius 2 is 2.16 bits per heavy atom. The van der Waals surface area contributed by atoms with Gasteiger partial charge in [-0.15, -0.1) is 24.0 Å². The molecule has 2 aliphatic heterocycles. The minimum absolute atomic E-state index is 0. The Labute approximate surface area is 206 Å². The molecule has 9 heteroatoms. The molecule has 2 aliphatic rings. The minimum atomic E-state index is 0. The average Bonchev–Trinajstić information content (AvgIpc) is 3.17. The van der Waals surface area contributed by atoms with Crippen molar-refractivity contribution in [1.82, 2.24) is 19.8 Å². The number of imidazole rings is 1. The molecule has 4 rings (SSSR count). The van der Waals surface area contributed by atoms with Gasteiger partial charge in [0, 0.05) is 38.4 Å². The summed E-state index contributed by atoms with van der Waals surface area (Å²) >= 11 is 6.45. The van der Waals surface area contributed by atoms with Gasteiger partial charge in [-0.3, -0.25) is 0 Å². The summed E-state index contributed by atoms with van der Waals surface area (Å²) in [7, 11) is 0. The molecule has 1 fully saturated rings. The van der Waals surface area contributed by atoms with E-state index in [4.69, 9.17) is 26.1 Å². The molecule has 31 heavy (non-hydrogen) atoms. The summed E-state index contributed by atoms with van der Waals surface area (Å²) in [6.07, 6.45) is 7.78. The maximum absolute atomic E-state index is 6.45. The number of fused-ring (bicyclic) bond motifs is 1. The number of benzene rings is 1. The van der Waals surface area contributed by atoms with E-state index >= 15 is 0 Å². The van der Waals surface area contributed by atoms with Crippen molar-refractivity contribution in [1.29, 1.82) is 0 Å². The Morgan fingerprint density at radius 1 is 1.32 bits per heavy atom. The lowest BCUT2D eigenvalue weighted by atomic mass is 9.93. The second-order valence-corrected chi connectivity index (χ2v) is 8.32. The van der Waals surface area contributed by atoms with Crippen LogP contribution >= 0.6 is 35.6 Å². The molecular formula is C22H31ClIN5O2. The Balaban J connectivity index is 0.00000272. The smallest absolute Gasteiger partial charge is 0.194 e. The van der Waals surface area contributed by atoms with Gasteiger partial charge >= 0.3 is 0 Å². The third-order valence-corrected chi connectivity index (χ3v) is 6.02. The number of hydrogen-bond donors (Lipinski definition) is 1. The largest absolute Gasteiger partial charge is 0.489 e. The van der Waals surface area contributed by atoms with Crippen LogP contribution in [0.2, 0.25) is 5.02 Å². The average molecular weight is 560 g/mol. The van der Waals surface area contributed by atoms with Crippen molar-refractivity contribution in [3.8, 4) is 11.5 Å². The SMILES string of the molecule is CCNC(=NCc1cc(Cl)c2c(c1)OCCCO2)N1CCC(C)C(n2ccnc2)C1.I. The van der Waals surface area contributed by atoms with Gasteiger partial charge in [-0.25, -0.2) is 9.98 Å². The van der Waals surface area contributed by atoms with Crippen LogP contribution in [0.5, 0.6) is 11.5 Å². The summed E-state index contributed by atoms with van der Waals surface area (Å²) in [4.78, 5) is 11.5. The first-order valence-electron chi connectivity index (χ1n) is 10.7. The summed E-state index contributed by atoms with van der Waals surface area (Å²) < 4.78 is 13.8. The molecular weight excluding hydrogens is 529 g/mol. The number of piperidine rings is 1. The van der Waals surface area contributed by atoms with E-state index < -0.39 is 0 Å². The van der Waals surface area contributed by atoms with E-state index in [1.807, 2.05) is 24.7 Å². The van der Waals surface area contributed by atoms with Crippen molar-refractivity contribution in [3.63, 3.8) is 0 Å². The third-order valence-electron chi connectivity index (χ3n) is 5.73. The molecule has 3 heterocycles. The zero-order chi connectivity index (χ0) is 20.9. The van der Waals surface area contributed by atoms with E-state index in [0.29, 0.717) is 48.2 Å². The molecule has 0 radical (unpaired) electrons. The minimum Gasteiger partial charge on any atom is -0.489 e. The van der Waals surface area contributed by atoms with E-state index in [1.54, 1.807) is 0 Å². The number of halogens is 2. The highest BCUT2D eigenvalue weighted by molar-refractivity contribution is 14.0. The van der Waals surface area contributed by atoms with Crippen molar-refractivity contribution >= 4 is 41.5 Å². The molecule has 1 aromatic carbocycles. The fourth-order valence-electron chi connectivity index (χ4n) is 4.06.